The van der Waals surface area contributed by atoms with Crippen LogP contribution < -0.4 is 16.6 Å². The van der Waals surface area contributed by atoms with Crippen molar-refractivity contribution in [2.75, 3.05) is 6.54 Å². The molecule has 160 valence electrons. The van der Waals surface area contributed by atoms with Crippen molar-refractivity contribution < 1.29 is 9.18 Å². The van der Waals surface area contributed by atoms with Crippen LogP contribution in [0.15, 0.2) is 58.1 Å². The van der Waals surface area contributed by atoms with Gasteiger partial charge in [-0.1, -0.05) is 36.4 Å². The quantitative estimate of drug-likeness (QED) is 0.662. The average Bonchev–Trinajstić information content (AvgIpc) is 3.59. The fourth-order valence-electron chi connectivity index (χ4n) is 3.38. The maximum Gasteiger partial charge on any atom is 0.352 e. The first kappa shape index (κ1) is 20.7. The van der Waals surface area contributed by atoms with Crippen LogP contribution in [-0.4, -0.2) is 26.8 Å². The highest BCUT2D eigenvalue weighted by Crippen LogP contribution is 2.27. The van der Waals surface area contributed by atoms with E-state index < -0.39 is 34.7 Å². The minimum absolute atomic E-state index is 0.137. The highest BCUT2D eigenvalue weighted by molar-refractivity contribution is 5.91. The molecule has 1 N–H and O–H groups in total. The number of rotatable bonds is 6. The number of carbonyl (C=O) groups excluding carboxylic acids is 1. The van der Waals surface area contributed by atoms with Crippen molar-refractivity contribution in [1.29, 1.82) is 0 Å². The van der Waals surface area contributed by atoms with Gasteiger partial charge in [-0.05, 0) is 49.8 Å². The normalized spacial score (nSPS) is 14.3. The molecule has 8 heteroatoms. The molecule has 0 spiro atoms. The van der Waals surface area contributed by atoms with Crippen LogP contribution in [0.3, 0.4) is 0 Å². The summed E-state index contributed by atoms with van der Waals surface area (Å²) in [6.45, 7) is 3.75. The average molecular weight is 422 g/mol. The second-order valence-electron chi connectivity index (χ2n) is 7.89. The molecular formula is C23H23FN4O3. The summed E-state index contributed by atoms with van der Waals surface area (Å²) in [5.74, 6) is -0.751. The van der Waals surface area contributed by atoms with Crippen molar-refractivity contribution >= 4 is 5.91 Å². The van der Waals surface area contributed by atoms with E-state index in [9.17, 15) is 18.8 Å². The Hall–Kier alpha value is -3.55. The monoisotopic (exact) mass is 422 g/mol. The summed E-state index contributed by atoms with van der Waals surface area (Å²) >= 11 is 0. The van der Waals surface area contributed by atoms with Gasteiger partial charge in [-0.15, -0.1) is 0 Å². The number of hydrogen-bond acceptors (Lipinski definition) is 4. The van der Waals surface area contributed by atoms with Crippen molar-refractivity contribution in [2.45, 2.75) is 32.7 Å². The molecule has 1 heterocycles. The molecule has 0 aliphatic heterocycles. The minimum atomic E-state index is -0.779. The molecule has 31 heavy (non-hydrogen) atoms. The molecule has 0 saturated heterocycles. The van der Waals surface area contributed by atoms with Crippen LogP contribution >= 0.6 is 0 Å². The molecule has 7 nitrogen and oxygen atoms in total. The van der Waals surface area contributed by atoms with Crippen molar-refractivity contribution in [3.8, 4) is 5.69 Å². The molecule has 1 amide bonds. The number of benzene rings is 2. The predicted octanol–water partition coefficient (Wildman–Crippen LogP) is 2.59. The third kappa shape index (κ3) is 4.19. The first-order chi connectivity index (χ1) is 14.9. The van der Waals surface area contributed by atoms with Gasteiger partial charge in [0.2, 0.25) is 5.69 Å². The lowest BCUT2D eigenvalue weighted by Crippen LogP contribution is -2.47. The molecule has 1 aliphatic rings. The van der Waals surface area contributed by atoms with E-state index in [4.69, 9.17) is 0 Å². The van der Waals surface area contributed by atoms with Gasteiger partial charge >= 0.3 is 5.69 Å². The number of aryl methyl sites for hydroxylation is 1. The van der Waals surface area contributed by atoms with Crippen molar-refractivity contribution in [2.24, 2.45) is 5.92 Å². The molecule has 0 unspecified atom stereocenters. The number of aromatic nitrogens is 3. The smallest absolute Gasteiger partial charge is 0.350 e. The van der Waals surface area contributed by atoms with Crippen LogP contribution in [0.1, 0.15) is 47.4 Å². The van der Waals surface area contributed by atoms with Crippen LogP contribution in [0.2, 0.25) is 0 Å². The number of nitrogens with one attached hydrogen (secondary N) is 1. The van der Waals surface area contributed by atoms with Gasteiger partial charge in [0.25, 0.3) is 11.5 Å². The van der Waals surface area contributed by atoms with Gasteiger partial charge in [0.15, 0.2) is 0 Å². The molecule has 1 fully saturated rings. The predicted molar refractivity (Wildman–Crippen MR) is 114 cm³/mol. The highest BCUT2D eigenvalue weighted by Gasteiger charge is 2.26. The summed E-state index contributed by atoms with van der Waals surface area (Å²) in [5.41, 5.74) is -0.659. The maximum atomic E-state index is 14.2. The Morgan fingerprint density at radius 2 is 1.90 bits per heavy atom. The Balaban J connectivity index is 1.88. The Labute approximate surface area is 178 Å². The minimum Gasteiger partial charge on any atom is -0.350 e. The lowest BCUT2D eigenvalue weighted by molar-refractivity contribution is 0.0941. The standard InChI is InChI=1S/C23H23FN4O3/c1-14-8-11-18(12-19(14)24)28-23(31)27(15(2)17-6-4-3-5-7-17)22(30)20(26-28)21(29)25-13-16-9-10-16/h3-8,11-12,15-16H,9-10,13H2,1-2H3,(H,25,29)/t15-/m0/s1. The third-order valence-electron chi connectivity index (χ3n) is 5.54. The molecule has 3 aromatic rings. The lowest BCUT2D eigenvalue weighted by atomic mass is 10.1. The molecule has 4 rings (SSSR count). The van der Waals surface area contributed by atoms with Gasteiger partial charge in [-0.25, -0.2) is 13.8 Å². The van der Waals surface area contributed by atoms with E-state index in [0.717, 1.165) is 33.7 Å². The van der Waals surface area contributed by atoms with Gasteiger partial charge in [0.05, 0.1) is 11.7 Å². The van der Waals surface area contributed by atoms with E-state index in [1.54, 1.807) is 38.1 Å². The summed E-state index contributed by atoms with van der Waals surface area (Å²) in [6, 6.07) is 12.6. The van der Waals surface area contributed by atoms with E-state index >= 15 is 0 Å². The molecule has 2 aromatic carbocycles. The van der Waals surface area contributed by atoms with Crippen molar-refractivity contribution in [1.82, 2.24) is 19.7 Å². The Morgan fingerprint density at radius 1 is 1.19 bits per heavy atom. The van der Waals surface area contributed by atoms with Gasteiger partial charge in [0.1, 0.15) is 5.82 Å². The lowest BCUT2D eigenvalue weighted by Gasteiger charge is -2.18. The Bertz CT molecular complexity index is 1250. The number of carbonyl (C=O) groups is 1. The van der Waals surface area contributed by atoms with Crippen LogP contribution in [-0.2, 0) is 0 Å². The SMILES string of the molecule is Cc1ccc(-n2nc(C(=O)NCC3CC3)c(=O)n([C@@H](C)c3ccccc3)c2=O)cc1F. The number of amides is 1. The van der Waals surface area contributed by atoms with Gasteiger partial charge in [-0.3, -0.25) is 9.59 Å². The summed E-state index contributed by atoms with van der Waals surface area (Å²) in [4.78, 5) is 39.2. The molecule has 1 atom stereocenters. The summed E-state index contributed by atoms with van der Waals surface area (Å²) in [5, 5.41) is 6.76. The molecule has 1 aromatic heterocycles. The second kappa shape index (κ2) is 8.29. The number of hydrogen-bond donors (Lipinski definition) is 1. The highest BCUT2D eigenvalue weighted by atomic mass is 19.1. The summed E-state index contributed by atoms with van der Waals surface area (Å²) in [6.07, 6.45) is 2.07. The molecule has 0 bridgehead atoms. The topological polar surface area (TPSA) is 86.0 Å². The molecule has 0 radical (unpaired) electrons. The van der Waals surface area contributed by atoms with E-state index in [-0.39, 0.29) is 5.69 Å². The molecule has 1 aliphatic carbocycles. The Kier molecular flexibility index (Phi) is 5.54. The fraction of sp³-hybridized carbons (Fsp3) is 0.304. The van der Waals surface area contributed by atoms with Crippen LogP contribution in [0.4, 0.5) is 4.39 Å². The summed E-state index contributed by atoms with van der Waals surface area (Å²) < 4.78 is 16.1. The van der Waals surface area contributed by atoms with E-state index in [0.29, 0.717) is 18.0 Å². The van der Waals surface area contributed by atoms with E-state index in [1.165, 1.54) is 12.1 Å². The fourth-order valence-corrected chi connectivity index (χ4v) is 3.38. The molecular weight excluding hydrogens is 399 g/mol. The zero-order chi connectivity index (χ0) is 22.1. The second-order valence-corrected chi connectivity index (χ2v) is 7.89. The van der Waals surface area contributed by atoms with Crippen LogP contribution in [0.5, 0.6) is 0 Å². The maximum absolute atomic E-state index is 14.2. The van der Waals surface area contributed by atoms with E-state index in [2.05, 4.69) is 10.4 Å². The van der Waals surface area contributed by atoms with Gasteiger partial charge in [-0.2, -0.15) is 9.78 Å². The van der Waals surface area contributed by atoms with Gasteiger partial charge in [0, 0.05) is 12.6 Å². The van der Waals surface area contributed by atoms with Crippen LogP contribution in [0, 0.1) is 18.7 Å². The number of nitrogens with zero attached hydrogens (tertiary/aromatic N) is 3. The van der Waals surface area contributed by atoms with Crippen LogP contribution in [0.25, 0.3) is 5.69 Å². The first-order valence-corrected chi connectivity index (χ1v) is 10.2. The first-order valence-electron chi connectivity index (χ1n) is 10.2. The zero-order valence-electron chi connectivity index (χ0n) is 17.3. The number of halogens is 1. The van der Waals surface area contributed by atoms with E-state index in [1.807, 2.05) is 6.07 Å². The Morgan fingerprint density at radius 3 is 2.55 bits per heavy atom. The molecule has 1 saturated carbocycles. The summed E-state index contributed by atoms with van der Waals surface area (Å²) in [7, 11) is 0. The van der Waals surface area contributed by atoms with Crippen molar-refractivity contribution in [3.63, 3.8) is 0 Å². The third-order valence-corrected chi connectivity index (χ3v) is 5.54. The zero-order valence-corrected chi connectivity index (χ0v) is 17.3. The largest absolute Gasteiger partial charge is 0.352 e. The van der Waals surface area contributed by atoms with Crippen molar-refractivity contribution in [3.05, 3.63) is 92.0 Å². The van der Waals surface area contributed by atoms with Gasteiger partial charge < -0.3 is 5.32 Å².